The van der Waals surface area contributed by atoms with Gasteiger partial charge in [-0.2, -0.15) is 14.7 Å². The zero-order chi connectivity index (χ0) is 17.6. The Kier molecular flexibility index (Phi) is 3.67. The highest BCUT2D eigenvalue weighted by molar-refractivity contribution is 5.93. The zero-order valence-corrected chi connectivity index (χ0v) is 14.7. The number of carbonyl (C=O) groups excluding carboxylic acids is 1. The van der Waals surface area contributed by atoms with Crippen molar-refractivity contribution in [3.8, 4) is 0 Å². The van der Waals surface area contributed by atoms with E-state index >= 15 is 0 Å². The molecule has 0 aliphatic carbocycles. The van der Waals surface area contributed by atoms with Gasteiger partial charge in [-0.1, -0.05) is 0 Å². The van der Waals surface area contributed by atoms with Gasteiger partial charge >= 0.3 is 0 Å². The number of fused-ring (bicyclic) bond motifs is 1. The van der Waals surface area contributed by atoms with Crippen LogP contribution in [0.3, 0.4) is 0 Å². The van der Waals surface area contributed by atoms with Crippen LogP contribution >= 0.6 is 0 Å². The molecule has 3 aromatic heterocycles. The van der Waals surface area contributed by atoms with Gasteiger partial charge in [0, 0.05) is 57.3 Å². The Hall–Kier alpha value is -2.90. The fraction of sp³-hybridized carbons (Fsp3) is 0.412. The summed E-state index contributed by atoms with van der Waals surface area (Å²) in [5.41, 5.74) is 3.42. The number of piperazine rings is 1. The van der Waals surface area contributed by atoms with E-state index in [0.29, 0.717) is 18.7 Å². The van der Waals surface area contributed by atoms with Crippen molar-refractivity contribution in [3.63, 3.8) is 0 Å². The van der Waals surface area contributed by atoms with E-state index in [2.05, 4.69) is 26.1 Å². The van der Waals surface area contributed by atoms with Crippen LogP contribution in [0.2, 0.25) is 0 Å². The van der Waals surface area contributed by atoms with Crippen LogP contribution in [0.4, 0.5) is 5.82 Å². The summed E-state index contributed by atoms with van der Waals surface area (Å²) in [6, 6.07) is 4.04. The van der Waals surface area contributed by atoms with Crippen molar-refractivity contribution in [2.24, 2.45) is 7.05 Å². The number of amides is 1. The second kappa shape index (κ2) is 5.87. The van der Waals surface area contributed by atoms with Crippen LogP contribution in [0.15, 0.2) is 24.5 Å². The molecule has 1 aliphatic rings. The van der Waals surface area contributed by atoms with Crippen molar-refractivity contribution in [3.05, 3.63) is 41.5 Å². The Bertz CT molecular complexity index is 934. The maximum absolute atomic E-state index is 12.6. The molecule has 0 spiro atoms. The number of aromatic nitrogens is 5. The number of anilines is 1. The van der Waals surface area contributed by atoms with Gasteiger partial charge in [-0.25, -0.2) is 4.98 Å². The van der Waals surface area contributed by atoms with Crippen molar-refractivity contribution in [2.45, 2.75) is 13.8 Å². The Morgan fingerprint density at radius 1 is 1.08 bits per heavy atom. The lowest BCUT2D eigenvalue weighted by atomic mass is 10.2. The third-order valence-electron chi connectivity index (χ3n) is 4.50. The van der Waals surface area contributed by atoms with Crippen LogP contribution in [-0.2, 0) is 7.05 Å². The van der Waals surface area contributed by atoms with Crippen molar-refractivity contribution in [1.82, 2.24) is 29.3 Å². The standard InChI is InChI=1S/C17H21N7O/c1-12-9-16(24-15(19-12)8-13(2)20-24)22-4-6-23(7-5-22)17(25)14-10-18-21(3)11-14/h8-11H,4-7H2,1-3H3. The number of hydrogen-bond acceptors (Lipinski definition) is 5. The molecule has 8 heteroatoms. The fourth-order valence-electron chi connectivity index (χ4n) is 3.27. The second-order valence-corrected chi connectivity index (χ2v) is 6.49. The lowest BCUT2D eigenvalue weighted by Gasteiger charge is -2.35. The van der Waals surface area contributed by atoms with Crippen LogP contribution < -0.4 is 4.90 Å². The average molecular weight is 339 g/mol. The van der Waals surface area contributed by atoms with Crippen molar-refractivity contribution in [1.29, 1.82) is 0 Å². The van der Waals surface area contributed by atoms with Crippen LogP contribution in [0.5, 0.6) is 0 Å². The predicted octanol–water partition coefficient (Wildman–Crippen LogP) is 1.04. The molecule has 0 radical (unpaired) electrons. The largest absolute Gasteiger partial charge is 0.353 e. The van der Waals surface area contributed by atoms with E-state index in [1.165, 1.54) is 0 Å². The minimum Gasteiger partial charge on any atom is -0.353 e. The molecule has 4 heterocycles. The molecule has 8 nitrogen and oxygen atoms in total. The molecule has 3 aromatic rings. The van der Waals surface area contributed by atoms with Gasteiger partial charge in [0.2, 0.25) is 0 Å². The molecule has 1 saturated heterocycles. The third-order valence-corrected chi connectivity index (χ3v) is 4.50. The van der Waals surface area contributed by atoms with Crippen molar-refractivity contribution < 1.29 is 4.79 Å². The number of aryl methyl sites for hydroxylation is 3. The molecule has 0 bridgehead atoms. The summed E-state index contributed by atoms with van der Waals surface area (Å²) >= 11 is 0. The van der Waals surface area contributed by atoms with E-state index in [-0.39, 0.29) is 5.91 Å². The number of carbonyl (C=O) groups is 1. The van der Waals surface area contributed by atoms with E-state index in [1.54, 1.807) is 17.1 Å². The molecule has 0 saturated carbocycles. The lowest BCUT2D eigenvalue weighted by Crippen LogP contribution is -2.49. The molecule has 25 heavy (non-hydrogen) atoms. The zero-order valence-electron chi connectivity index (χ0n) is 14.7. The fourth-order valence-corrected chi connectivity index (χ4v) is 3.27. The first-order valence-electron chi connectivity index (χ1n) is 8.38. The van der Waals surface area contributed by atoms with Crippen LogP contribution in [0.1, 0.15) is 21.7 Å². The Morgan fingerprint density at radius 3 is 2.52 bits per heavy atom. The summed E-state index contributed by atoms with van der Waals surface area (Å²) in [6.07, 6.45) is 3.38. The second-order valence-electron chi connectivity index (χ2n) is 6.49. The average Bonchev–Trinajstić information content (AvgIpc) is 3.18. The van der Waals surface area contributed by atoms with Crippen LogP contribution in [0, 0.1) is 13.8 Å². The molecule has 0 unspecified atom stereocenters. The maximum Gasteiger partial charge on any atom is 0.257 e. The van der Waals surface area contributed by atoms with Gasteiger partial charge in [-0.3, -0.25) is 9.48 Å². The Morgan fingerprint density at radius 2 is 1.84 bits per heavy atom. The van der Waals surface area contributed by atoms with Gasteiger partial charge < -0.3 is 9.80 Å². The molecule has 1 amide bonds. The minimum atomic E-state index is 0.0405. The first-order chi connectivity index (χ1) is 12.0. The molecule has 1 fully saturated rings. The molecule has 0 atom stereocenters. The molecular weight excluding hydrogens is 318 g/mol. The number of hydrogen-bond donors (Lipinski definition) is 0. The highest BCUT2D eigenvalue weighted by Crippen LogP contribution is 2.20. The SMILES string of the molecule is Cc1cc(N2CCN(C(=O)c3cnn(C)c3)CC2)n2nc(C)cc2n1. The van der Waals surface area contributed by atoms with E-state index in [9.17, 15) is 4.79 Å². The molecule has 4 rings (SSSR count). The highest BCUT2D eigenvalue weighted by Gasteiger charge is 2.24. The Balaban J connectivity index is 1.53. The van der Waals surface area contributed by atoms with E-state index in [1.807, 2.05) is 36.4 Å². The summed E-state index contributed by atoms with van der Waals surface area (Å²) in [6.45, 7) is 6.85. The van der Waals surface area contributed by atoms with Gasteiger partial charge in [0.1, 0.15) is 5.82 Å². The molecular formula is C17H21N7O. The first-order valence-corrected chi connectivity index (χ1v) is 8.38. The van der Waals surface area contributed by atoms with Gasteiger partial charge in [0.15, 0.2) is 5.65 Å². The van der Waals surface area contributed by atoms with Crippen molar-refractivity contribution >= 4 is 17.4 Å². The first kappa shape index (κ1) is 15.6. The van der Waals surface area contributed by atoms with Gasteiger partial charge in [0.05, 0.1) is 17.5 Å². The van der Waals surface area contributed by atoms with Gasteiger partial charge in [0.25, 0.3) is 5.91 Å². The normalized spacial score (nSPS) is 15.2. The maximum atomic E-state index is 12.6. The van der Waals surface area contributed by atoms with E-state index < -0.39 is 0 Å². The molecule has 130 valence electrons. The predicted molar refractivity (Wildman–Crippen MR) is 93.8 cm³/mol. The summed E-state index contributed by atoms with van der Waals surface area (Å²) in [5, 5.41) is 8.64. The molecule has 1 aliphatic heterocycles. The van der Waals surface area contributed by atoms with E-state index in [0.717, 1.165) is 35.9 Å². The minimum absolute atomic E-state index is 0.0405. The summed E-state index contributed by atoms with van der Waals surface area (Å²) < 4.78 is 3.54. The molecule has 0 aromatic carbocycles. The van der Waals surface area contributed by atoms with Crippen molar-refractivity contribution in [2.75, 3.05) is 31.1 Å². The van der Waals surface area contributed by atoms with E-state index in [4.69, 9.17) is 0 Å². The Labute approximate surface area is 145 Å². The summed E-state index contributed by atoms with van der Waals surface area (Å²) in [7, 11) is 1.82. The van der Waals surface area contributed by atoms with Gasteiger partial charge in [-0.15, -0.1) is 0 Å². The smallest absolute Gasteiger partial charge is 0.257 e. The summed E-state index contributed by atoms with van der Waals surface area (Å²) in [4.78, 5) is 21.2. The topological polar surface area (TPSA) is 71.6 Å². The van der Waals surface area contributed by atoms with Crippen LogP contribution in [-0.4, -0.2) is 61.4 Å². The third kappa shape index (κ3) is 2.84. The summed E-state index contributed by atoms with van der Waals surface area (Å²) in [5.74, 6) is 1.07. The monoisotopic (exact) mass is 339 g/mol. The lowest BCUT2D eigenvalue weighted by molar-refractivity contribution is 0.0746. The van der Waals surface area contributed by atoms with Gasteiger partial charge in [-0.05, 0) is 13.8 Å². The number of rotatable bonds is 2. The molecule has 0 N–H and O–H groups in total. The highest BCUT2D eigenvalue weighted by atomic mass is 16.2. The number of nitrogens with zero attached hydrogens (tertiary/aromatic N) is 7. The quantitative estimate of drug-likeness (QED) is 0.698. The van der Waals surface area contributed by atoms with Crippen LogP contribution in [0.25, 0.3) is 5.65 Å².